The molecule has 6 aromatic rings. The monoisotopic (exact) mass is 608 g/mol. The van der Waals surface area contributed by atoms with Crippen LogP contribution in [-0.2, 0) is 12.2 Å². The second kappa shape index (κ2) is 13.1. The van der Waals surface area contributed by atoms with Crippen molar-refractivity contribution in [2.75, 3.05) is 0 Å². The number of hydrogen-bond acceptors (Lipinski definition) is 7. The molecule has 3 aromatic heterocycles. The highest BCUT2D eigenvalue weighted by atomic mass is 35.5. The summed E-state index contributed by atoms with van der Waals surface area (Å²) < 4.78 is 1.96. The van der Waals surface area contributed by atoms with Crippen molar-refractivity contribution in [3.63, 3.8) is 0 Å². The average Bonchev–Trinajstić information content (AvgIpc) is 3.69. The Bertz CT molecular complexity index is 1780. The Balaban J connectivity index is 1.19. The van der Waals surface area contributed by atoms with Gasteiger partial charge in [0.15, 0.2) is 11.0 Å². The number of benzene rings is 3. The highest BCUT2D eigenvalue weighted by Crippen LogP contribution is 2.31. The molecule has 6 rings (SSSR count). The molecule has 0 saturated heterocycles. The van der Waals surface area contributed by atoms with Gasteiger partial charge in [-0.05, 0) is 47.9 Å². The Labute approximate surface area is 256 Å². The van der Waals surface area contributed by atoms with Gasteiger partial charge in [-0.25, -0.2) is 4.98 Å². The van der Waals surface area contributed by atoms with E-state index in [1.165, 1.54) is 23.1 Å². The van der Waals surface area contributed by atoms with E-state index >= 15 is 0 Å². The molecule has 0 radical (unpaired) electrons. The van der Waals surface area contributed by atoms with Gasteiger partial charge in [0.1, 0.15) is 10.7 Å². The summed E-state index contributed by atoms with van der Waals surface area (Å²) in [7, 11) is 0. The van der Waals surface area contributed by atoms with Gasteiger partial charge in [0.05, 0.1) is 17.5 Å². The van der Waals surface area contributed by atoms with E-state index in [-0.39, 0.29) is 11.9 Å². The first-order valence-electron chi connectivity index (χ1n) is 13.2. The van der Waals surface area contributed by atoms with Crippen LogP contribution < -0.4 is 5.32 Å². The van der Waals surface area contributed by atoms with Crippen LogP contribution in [0.25, 0.3) is 17.1 Å². The van der Waals surface area contributed by atoms with E-state index in [1.54, 1.807) is 17.8 Å². The van der Waals surface area contributed by atoms with E-state index in [4.69, 9.17) is 11.6 Å². The molecule has 0 fully saturated rings. The normalized spacial score (nSPS) is 11.7. The summed E-state index contributed by atoms with van der Waals surface area (Å²) >= 11 is 9.26. The minimum atomic E-state index is -0.201. The number of thiazole rings is 1. The molecule has 7 nitrogen and oxygen atoms in total. The molecule has 1 atom stereocenters. The molecule has 3 aromatic carbocycles. The molecule has 3 heterocycles. The topological polar surface area (TPSA) is 85.6 Å². The standard InChI is InChI=1S/C32H25ClN6OS2/c33-25-14-7-15-26(18-25)39-30(24-13-8-16-34-19-24)37-38-32(39)42-21-29-35-28(20-41-29)31(40)36-27(23-11-5-2-6-12-23)17-22-9-3-1-4-10-22/h1-16,18-20,27H,17,21H2,(H,36,40). The van der Waals surface area contributed by atoms with Crippen molar-refractivity contribution in [1.82, 2.24) is 30.0 Å². The van der Waals surface area contributed by atoms with Crippen LogP contribution in [0, 0.1) is 0 Å². The molecule has 208 valence electrons. The predicted octanol–water partition coefficient (Wildman–Crippen LogP) is 7.45. The molecule has 0 aliphatic carbocycles. The maximum atomic E-state index is 13.3. The van der Waals surface area contributed by atoms with Crippen molar-refractivity contribution in [3.05, 3.63) is 142 Å². The SMILES string of the molecule is O=C(NC(Cc1ccccc1)c1ccccc1)c1csc(CSc2nnc(-c3cccnc3)n2-c2cccc(Cl)c2)n1. The number of carbonyl (C=O) groups is 1. The van der Waals surface area contributed by atoms with E-state index in [0.29, 0.717) is 33.9 Å². The number of hydrogen-bond donors (Lipinski definition) is 1. The number of carbonyl (C=O) groups excluding carboxylic acids is 1. The largest absolute Gasteiger partial charge is 0.344 e. The first-order valence-corrected chi connectivity index (χ1v) is 15.5. The Hall–Kier alpha value is -4.31. The minimum absolute atomic E-state index is 0.178. The van der Waals surface area contributed by atoms with Crippen LogP contribution in [0.5, 0.6) is 0 Å². The van der Waals surface area contributed by atoms with Crippen molar-refractivity contribution >= 4 is 40.6 Å². The molecule has 1 unspecified atom stereocenters. The molecule has 1 amide bonds. The zero-order valence-electron chi connectivity index (χ0n) is 22.3. The van der Waals surface area contributed by atoms with Crippen LogP contribution in [0.1, 0.15) is 32.7 Å². The zero-order valence-corrected chi connectivity index (χ0v) is 24.7. The smallest absolute Gasteiger partial charge is 0.271 e. The van der Waals surface area contributed by atoms with Gasteiger partial charge in [0, 0.05) is 28.4 Å². The molecule has 0 spiro atoms. The molecule has 42 heavy (non-hydrogen) atoms. The van der Waals surface area contributed by atoms with Gasteiger partial charge in [0.25, 0.3) is 5.91 Å². The Kier molecular flexibility index (Phi) is 8.69. The quantitative estimate of drug-likeness (QED) is 0.163. The maximum absolute atomic E-state index is 13.3. The summed E-state index contributed by atoms with van der Waals surface area (Å²) in [6, 6.07) is 31.4. The second-order valence-corrected chi connectivity index (χ2v) is 11.7. The van der Waals surface area contributed by atoms with Crippen LogP contribution in [0.3, 0.4) is 0 Å². The molecule has 0 aliphatic heterocycles. The summed E-state index contributed by atoms with van der Waals surface area (Å²) in [6.07, 6.45) is 4.16. The third-order valence-corrected chi connectivity index (χ3v) is 8.73. The molecule has 10 heteroatoms. The Morgan fingerprint density at radius 1 is 0.952 bits per heavy atom. The van der Waals surface area contributed by atoms with Gasteiger partial charge >= 0.3 is 0 Å². The summed E-state index contributed by atoms with van der Waals surface area (Å²) in [5.74, 6) is 0.987. The molecular formula is C32H25ClN6OS2. The first-order chi connectivity index (χ1) is 20.6. The van der Waals surface area contributed by atoms with Gasteiger partial charge in [0.2, 0.25) is 0 Å². The summed E-state index contributed by atoms with van der Waals surface area (Å²) in [4.78, 5) is 22.2. The number of aromatic nitrogens is 5. The third kappa shape index (κ3) is 6.60. The fourth-order valence-electron chi connectivity index (χ4n) is 4.52. The van der Waals surface area contributed by atoms with Crippen LogP contribution in [0.2, 0.25) is 5.02 Å². The lowest BCUT2D eigenvalue weighted by molar-refractivity contribution is 0.0932. The van der Waals surface area contributed by atoms with Gasteiger partial charge in [-0.3, -0.25) is 14.3 Å². The van der Waals surface area contributed by atoms with Gasteiger partial charge in [-0.1, -0.05) is 90.1 Å². The van der Waals surface area contributed by atoms with Gasteiger partial charge in [-0.2, -0.15) is 0 Å². The van der Waals surface area contributed by atoms with Crippen molar-refractivity contribution in [2.45, 2.75) is 23.4 Å². The highest BCUT2D eigenvalue weighted by Gasteiger charge is 2.20. The number of amides is 1. The molecule has 0 bridgehead atoms. The third-order valence-electron chi connectivity index (χ3n) is 6.52. The molecule has 1 N–H and O–H groups in total. The van der Waals surface area contributed by atoms with E-state index in [9.17, 15) is 4.79 Å². The fraction of sp³-hybridized carbons (Fsp3) is 0.0938. The second-order valence-electron chi connectivity index (χ2n) is 9.40. The van der Waals surface area contributed by atoms with Crippen LogP contribution in [0.15, 0.2) is 120 Å². The van der Waals surface area contributed by atoms with E-state index < -0.39 is 0 Å². The fourth-order valence-corrected chi connectivity index (χ4v) is 6.45. The van der Waals surface area contributed by atoms with Crippen LogP contribution in [0.4, 0.5) is 0 Å². The summed E-state index contributed by atoms with van der Waals surface area (Å²) in [5, 5.41) is 16.0. The summed E-state index contributed by atoms with van der Waals surface area (Å²) in [5.41, 5.74) is 4.28. The highest BCUT2D eigenvalue weighted by molar-refractivity contribution is 7.98. The van der Waals surface area contributed by atoms with Crippen molar-refractivity contribution in [1.29, 1.82) is 0 Å². The van der Waals surface area contributed by atoms with Crippen molar-refractivity contribution in [2.24, 2.45) is 0 Å². The Morgan fingerprint density at radius 2 is 1.76 bits per heavy atom. The number of nitrogens with one attached hydrogen (secondary N) is 1. The van der Waals surface area contributed by atoms with E-state index in [2.05, 4.69) is 37.6 Å². The van der Waals surface area contributed by atoms with Crippen molar-refractivity contribution < 1.29 is 4.79 Å². The lowest BCUT2D eigenvalue weighted by Gasteiger charge is -2.19. The molecule has 0 saturated carbocycles. The lowest BCUT2D eigenvalue weighted by atomic mass is 9.99. The summed E-state index contributed by atoms with van der Waals surface area (Å²) in [6.45, 7) is 0. The van der Waals surface area contributed by atoms with E-state index in [1.807, 2.05) is 89.5 Å². The predicted molar refractivity (Wildman–Crippen MR) is 168 cm³/mol. The number of pyridine rings is 1. The van der Waals surface area contributed by atoms with Crippen LogP contribution in [-0.4, -0.2) is 30.6 Å². The average molecular weight is 609 g/mol. The molecule has 0 aliphatic rings. The zero-order chi connectivity index (χ0) is 28.7. The van der Waals surface area contributed by atoms with E-state index in [0.717, 1.165) is 27.4 Å². The minimum Gasteiger partial charge on any atom is -0.344 e. The van der Waals surface area contributed by atoms with Gasteiger partial charge < -0.3 is 5.32 Å². The van der Waals surface area contributed by atoms with Crippen LogP contribution >= 0.6 is 34.7 Å². The number of nitrogens with zero attached hydrogens (tertiary/aromatic N) is 5. The number of halogens is 1. The first kappa shape index (κ1) is 27.8. The number of rotatable bonds is 10. The van der Waals surface area contributed by atoms with Crippen molar-refractivity contribution in [3.8, 4) is 17.1 Å². The lowest BCUT2D eigenvalue weighted by Crippen LogP contribution is -2.30. The number of thioether (sulfide) groups is 1. The van der Waals surface area contributed by atoms with Gasteiger partial charge in [-0.15, -0.1) is 21.5 Å². The Morgan fingerprint density at radius 3 is 2.52 bits per heavy atom. The maximum Gasteiger partial charge on any atom is 0.271 e. The molecular weight excluding hydrogens is 584 g/mol.